The molecule has 3 heteroatoms. The van der Waals surface area contributed by atoms with Gasteiger partial charge in [0.2, 0.25) is 0 Å². The van der Waals surface area contributed by atoms with E-state index in [1.165, 1.54) is 15.7 Å². The lowest BCUT2D eigenvalue weighted by atomic mass is 10.2. The molecule has 82 valence electrons. The summed E-state index contributed by atoms with van der Waals surface area (Å²) in [6.45, 7) is 0.459. The summed E-state index contributed by atoms with van der Waals surface area (Å²) in [6.07, 6.45) is 0. The highest BCUT2D eigenvalue weighted by molar-refractivity contribution is 14.1. The van der Waals surface area contributed by atoms with Crippen LogP contribution in [0.25, 0.3) is 0 Å². The van der Waals surface area contributed by atoms with Gasteiger partial charge in [0.15, 0.2) is 0 Å². The highest BCUT2D eigenvalue weighted by Crippen LogP contribution is 2.15. The summed E-state index contributed by atoms with van der Waals surface area (Å²) in [5, 5.41) is 0. The van der Waals surface area contributed by atoms with Crippen molar-refractivity contribution >= 4 is 22.6 Å². The fourth-order valence-electron chi connectivity index (χ4n) is 1.28. The summed E-state index contributed by atoms with van der Waals surface area (Å²) in [4.78, 5) is 0. The second kappa shape index (κ2) is 5.30. The molecule has 0 aliphatic carbocycles. The van der Waals surface area contributed by atoms with Gasteiger partial charge in [-0.15, -0.1) is 0 Å². The number of ether oxygens (including phenoxy) is 1. The lowest BCUT2D eigenvalue weighted by Gasteiger charge is -2.06. The van der Waals surface area contributed by atoms with Crippen molar-refractivity contribution in [3.8, 4) is 5.75 Å². The van der Waals surface area contributed by atoms with Crippen LogP contribution in [0.1, 0.15) is 5.56 Å². The Balaban J connectivity index is 1.97. The van der Waals surface area contributed by atoms with Crippen LogP contribution < -0.4 is 4.74 Å². The van der Waals surface area contributed by atoms with Crippen molar-refractivity contribution in [3.63, 3.8) is 0 Å². The Labute approximate surface area is 107 Å². The van der Waals surface area contributed by atoms with Gasteiger partial charge in [-0.3, -0.25) is 0 Å². The third-order valence-corrected chi connectivity index (χ3v) is 2.85. The Kier molecular flexibility index (Phi) is 3.77. The molecule has 0 radical (unpaired) electrons. The van der Waals surface area contributed by atoms with Crippen molar-refractivity contribution in [1.82, 2.24) is 0 Å². The lowest BCUT2D eigenvalue weighted by Crippen LogP contribution is -1.95. The average molecular weight is 328 g/mol. The molecule has 0 unspecified atom stereocenters. The summed E-state index contributed by atoms with van der Waals surface area (Å²) in [5.74, 6) is 0.600. The molecular weight excluding hydrogens is 318 g/mol. The second-order valence-corrected chi connectivity index (χ2v) is 4.61. The minimum Gasteiger partial charge on any atom is -0.489 e. The highest BCUT2D eigenvalue weighted by atomic mass is 127. The molecule has 0 bridgehead atoms. The molecule has 0 amide bonds. The summed E-state index contributed by atoms with van der Waals surface area (Å²) in [6, 6.07) is 14.1. The summed E-state index contributed by atoms with van der Waals surface area (Å²) < 4.78 is 19.4. The Morgan fingerprint density at radius 1 is 0.938 bits per heavy atom. The molecule has 0 aliphatic rings. The first-order valence-corrected chi connectivity index (χ1v) is 5.95. The Bertz CT molecular complexity index is 405. The predicted octanol–water partition coefficient (Wildman–Crippen LogP) is 4.01. The normalized spacial score (nSPS) is 10.1. The van der Waals surface area contributed by atoms with Gasteiger partial charge in [0, 0.05) is 3.57 Å². The van der Waals surface area contributed by atoms with Gasteiger partial charge < -0.3 is 4.74 Å². The van der Waals surface area contributed by atoms with Crippen LogP contribution >= 0.6 is 22.6 Å². The molecule has 0 aromatic heterocycles. The van der Waals surface area contributed by atoms with Crippen molar-refractivity contribution in [1.29, 1.82) is 0 Å². The zero-order valence-electron chi connectivity index (χ0n) is 8.49. The molecule has 0 fully saturated rings. The predicted molar refractivity (Wildman–Crippen MR) is 69.9 cm³/mol. The lowest BCUT2D eigenvalue weighted by molar-refractivity contribution is 0.306. The second-order valence-electron chi connectivity index (χ2n) is 3.37. The number of rotatable bonds is 3. The first-order valence-electron chi connectivity index (χ1n) is 4.87. The van der Waals surface area contributed by atoms with Gasteiger partial charge in [0.1, 0.15) is 18.2 Å². The number of benzene rings is 2. The molecule has 2 aromatic carbocycles. The summed E-state index contributed by atoms with van der Waals surface area (Å²) >= 11 is 2.24. The van der Waals surface area contributed by atoms with E-state index in [0.29, 0.717) is 6.61 Å². The van der Waals surface area contributed by atoms with Crippen LogP contribution in [0, 0.1) is 9.39 Å². The molecule has 1 nitrogen and oxygen atoms in total. The molecule has 0 aliphatic heterocycles. The van der Waals surface area contributed by atoms with Crippen LogP contribution in [0.3, 0.4) is 0 Å². The highest BCUT2D eigenvalue weighted by Gasteiger charge is 1.96. The van der Waals surface area contributed by atoms with Crippen molar-refractivity contribution < 1.29 is 9.13 Å². The number of halogens is 2. The molecule has 0 heterocycles. The smallest absolute Gasteiger partial charge is 0.123 e. The van der Waals surface area contributed by atoms with Gasteiger partial charge in [-0.25, -0.2) is 4.39 Å². The molecule has 0 atom stereocenters. The van der Waals surface area contributed by atoms with E-state index >= 15 is 0 Å². The summed E-state index contributed by atoms with van der Waals surface area (Å²) in [5.41, 5.74) is 0.958. The van der Waals surface area contributed by atoms with E-state index in [1.807, 2.05) is 24.3 Å². The van der Waals surface area contributed by atoms with E-state index in [9.17, 15) is 4.39 Å². The van der Waals surface area contributed by atoms with Crippen LogP contribution in [-0.4, -0.2) is 0 Å². The Morgan fingerprint density at radius 2 is 1.56 bits per heavy atom. The van der Waals surface area contributed by atoms with E-state index < -0.39 is 0 Å². The topological polar surface area (TPSA) is 9.23 Å². The average Bonchev–Trinajstić information content (AvgIpc) is 2.30. The third-order valence-electron chi connectivity index (χ3n) is 2.13. The maximum Gasteiger partial charge on any atom is 0.123 e. The fourth-order valence-corrected chi connectivity index (χ4v) is 1.64. The van der Waals surface area contributed by atoms with E-state index in [-0.39, 0.29) is 5.82 Å². The molecule has 16 heavy (non-hydrogen) atoms. The van der Waals surface area contributed by atoms with Crippen LogP contribution in [-0.2, 0) is 6.61 Å². The number of hydrogen-bond acceptors (Lipinski definition) is 1. The van der Waals surface area contributed by atoms with E-state index in [2.05, 4.69) is 22.6 Å². The zero-order valence-corrected chi connectivity index (χ0v) is 10.6. The molecule has 0 N–H and O–H groups in total. The van der Waals surface area contributed by atoms with Crippen LogP contribution in [0.4, 0.5) is 4.39 Å². The molecule has 0 saturated heterocycles. The van der Waals surface area contributed by atoms with Crippen molar-refractivity contribution in [2.75, 3.05) is 0 Å². The number of hydrogen-bond donors (Lipinski definition) is 0. The maximum atomic E-state index is 12.7. The van der Waals surface area contributed by atoms with Crippen molar-refractivity contribution in [3.05, 3.63) is 63.5 Å². The van der Waals surface area contributed by atoms with E-state index in [4.69, 9.17) is 4.74 Å². The van der Waals surface area contributed by atoms with Gasteiger partial charge in [-0.1, -0.05) is 12.1 Å². The van der Waals surface area contributed by atoms with Crippen molar-refractivity contribution in [2.24, 2.45) is 0 Å². The molecule has 0 saturated carbocycles. The third kappa shape index (κ3) is 3.20. The van der Waals surface area contributed by atoms with Gasteiger partial charge in [-0.2, -0.15) is 0 Å². The minimum atomic E-state index is -0.224. The first kappa shape index (κ1) is 11.4. The van der Waals surface area contributed by atoms with Crippen LogP contribution in [0.15, 0.2) is 48.5 Å². The largest absolute Gasteiger partial charge is 0.489 e. The van der Waals surface area contributed by atoms with Gasteiger partial charge in [-0.05, 0) is 64.6 Å². The van der Waals surface area contributed by atoms with E-state index in [0.717, 1.165) is 11.3 Å². The van der Waals surface area contributed by atoms with Gasteiger partial charge >= 0.3 is 0 Å². The SMILES string of the molecule is Fc1ccc(COc2ccc(I)cc2)cc1. The van der Waals surface area contributed by atoms with Crippen molar-refractivity contribution in [2.45, 2.75) is 6.61 Å². The summed E-state index contributed by atoms with van der Waals surface area (Å²) in [7, 11) is 0. The maximum absolute atomic E-state index is 12.7. The molecule has 0 spiro atoms. The van der Waals surface area contributed by atoms with Gasteiger partial charge in [0.25, 0.3) is 0 Å². The minimum absolute atomic E-state index is 0.224. The monoisotopic (exact) mass is 328 g/mol. The molecular formula is C13H10FIO. The van der Waals surface area contributed by atoms with E-state index in [1.54, 1.807) is 12.1 Å². The Hall–Kier alpha value is -1.10. The molecule has 2 rings (SSSR count). The van der Waals surface area contributed by atoms with Crippen LogP contribution in [0.5, 0.6) is 5.75 Å². The zero-order chi connectivity index (χ0) is 11.4. The quantitative estimate of drug-likeness (QED) is 0.774. The fraction of sp³-hybridized carbons (Fsp3) is 0.0769. The van der Waals surface area contributed by atoms with Crippen LogP contribution in [0.2, 0.25) is 0 Å². The first-order chi connectivity index (χ1) is 7.74. The standard InChI is InChI=1S/C13H10FIO/c14-11-3-1-10(2-4-11)9-16-13-7-5-12(15)6-8-13/h1-8H,9H2. The molecule has 2 aromatic rings. The Morgan fingerprint density at radius 3 is 2.19 bits per heavy atom. The van der Waals surface area contributed by atoms with Gasteiger partial charge in [0.05, 0.1) is 0 Å².